The van der Waals surface area contributed by atoms with E-state index in [1.165, 1.54) is 16.4 Å². The average molecular weight is 440 g/mol. The van der Waals surface area contributed by atoms with Crippen LogP contribution in [0.15, 0.2) is 77.7 Å². The number of nitrogens with zero attached hydrogens (tertiary/aromatic N) is 1. The number of ether oxygens (including phenoxy) is 1. The zero-order chi connectivity index (χ0) is 21.8. The Hall–Kier alpha value is -3.39. The standard InChI is InChI=1S/C23H21FN2O4S/c24-19-8-11-21(12-9-19)31(28,29)26-14-4-7-18-15-20(10-13-22(18)26)25-23(27)30-16-17-5-2-1-3-6-17/h1-3,5-6,8-13,15H,4,7,14,16H2,(H,25,27). The van der Waals surface area contributed by atoms with E-state index < -0.39 is 21.9 Å². The van der Waals surface area contributed by atoms with Gasteiger partial charge >= 0.3 is 6.09 Å². The van der Waals surface area contributed by atoms with Crippen LogP contribution in [-0.2, 0) is 27.8 Å². The molecule has 0 aromatic heterocycles. The maximum absolute atomic E-state index is 13.2. The number of halogens is 1. The Balaban J connectivity index is 1.49. The fraction of sp³-hybridized carbons (Fsp3) is 0.174. The SMILES string of the molecule is O=C(Nc1ccc2c(c1)CCCN2S(=O)(=O)c1ccc(F)cc1)OCc1ccccc1. The number of rotatable bonds is 5. The summed E-state index contributed by atoms with van der Waals surface area (Å²) in [6, 6.07) is 19.2. The van der Waals surface area contributed by atoms with Crippen molar-refractivity contribution in [1.82, 2.24) is 0 Å². The number of benzene rings is 3. The molecule has 1 amide bonds. The fourth-order valence-corrected chi connectivity index (χ4v) is 5.04. The molecule has 1 aliphatic heterocycles. The molecule has 3 aromatic carbocycles. The number of nitrogens with one attached hydrogen (secondary N) is 1. The second-order valence-corrected chi connectivity index (χ2v) is 9.03. The van der Waals surface area contributed by atoms with E-state index in [2.05, 4.69) is 5.32 Å². The van der Waals surface area contributed by atoms with Gasteiger partial charge in [0.15, 0.2) is 0 Å². The van der Waals surface area contributed by atoms with Crippen LogP contribution in [0.4, 0.5) is 20.6 Å². The molecule has 1 heterocycles. The van der Waals surface area contributed by atoms with Crippen molar-refractivity contribution in [1.29, 1.82) is 0 Å². The van der Waals surface area contributed by atoms with Gasteiger partial charge in [0.1, 0.15) is 12.4 Å². The molecule has 0 atom stereocenters. The molecule has 0 unspecified atom stereocenters. The minimum Gasteiger partial charge on any atom is -0.444 e. The van der Waals surface area contributed by atoms with Crippen LogP contribution in [0, 0.1) is 5.82 Å². The minimum absolute atomic E-state index is 0.0356. The van der Waals surface area contributed by atoms with Crippen LogP contribution in [0.3, 0.4) is 0 Å². The lowest BCUT2D eigenvalue weighted by Crippen LogP contribution is -2.35. The van der Waals surface area contributed by atoms with Gasteiger partial charge in [-0.2, -0.15) is 0 Å². The predicted molar refractivity (Wildman–Crippen MR) is 116 cm³/mol. The van der Waals surface area contributed by atoms with Gasteiger partial charge in [0, 0.05) is 12.2 Å². The summed E-state index contributed by atoms with van der Waals surface area (Å²) in [5.74, 6) is -0.493. The third kappa shape index (κ3) is 4.69. The summed E-state index contributed by atoms with van der Waals surface area (Å²) in [6.45, 7) is 0.486. The van der Waals surface area contributed by atoms with Crippen molar-refractivity contribution >= 4 is 27.5 Å². The maximum Gasteiger partial charge on any atom is 0.411 e. The zero-order valence-electron chi connectivity index (χ0n) is 16.6. The molecule has 1 N–H and O–H groups in total. The topological polar surface area (TPSA) is 75.7 Å². The van der Waals surface area contributed by atoms with E-state index in [-0.39, 0.29) is 11.5 Å². The lowest BCUT2D eigenvalue weighted by Gasteiger charge is -2.30. The third-order valence-electron chi connectivity index (χ3n) is 5.02. The highest BCUT2D eigenvalue weighted by molar-refractivity contribution is 7.92. The lowest BCUT2D eigenvalue weighted by atomic mass is 10.0. The second kappa shape index (κ2) is 8.77. The van der Waals surface area contributed by atoms with E-state index in [0.29, 0.717) is 30.8 Å². The number of anilines is 2. The number of sulfonamides is 1. The summed E-state index contributed by atoms with van der Waals surface area (Å²) in [5, 5.41) is 2.68. The van der Waals surface area contributed by atoms with Gasteiger partial charge in [0.2, 0.25) is 0 Å². The number of fused-ring (bicyclic) bond motifs is 1. The van der Waals surface area contributed by atoms with Crippen molar-refractivity contribution < 1.29 is 22.3 Å². The van der Waals surface area contributed by atoms with Crippen molar-refractivity contribution in [3.8, 4) is 0 Å². The Morgan fingerprint density at radius 2 is 1.77 bits per heavy atom. The van der Waals surface area contributed by atoms with Crippen LogP contribution >= 0.6 is 0 Å². The molecule has 6 nitrogen and oxygen atoms in total. The minimum atomic E-state index is -3.81. The van der Waals surface area contributed by atoms with Gasteiger partial charge in [0.05, 0.1) is 10.6 Å². The average Bonchev–Trinajstić information content (AvgIpc) is 2.78. The first kappa shape index (κ1) is 20.9. The van der Waals surface area contributed by atoms with Gasteiger partial charge in [-0.3, -0.25) is 9.62 Å². The molecular weight excluding hydrogens is 419 g/mol. The first-order valence-corrected chi connectivity index (χ1v) is 11.3. The van der Waals surface area contributed by atoms with E-state index in [4.69, 9.17) is 4.74 Å². The van der Waals surface area contributed by atoms with Crippen molar-refractivity contribution in [2.75, 3.05) is 16.2 Å². The predicted octanol–water partition coefficient (Wildman–Crippen LogP) is 4.72. The first-order chi connectivity index (χ1) is 14.9. The number of carbonyl (C=O) groups excluding carboxylic acids is 1. The summed E-state index contributed by atoms with van der Waals surface area (Å²) in [6.07, 6.45) is 0.727. The molecule has 3 aromatic rings. The molecule has 0 saturated carbocycles. The number of hydrogen-bond acceptors (Lipinski definition) is 4. The molecule has 0 bridgehead atoms. The third-order valence-corrected chi connectivity index (χ3v) is 6.84. The van der Waals surface area contributed by atoms with Crippen LogP contribution < -0.4 is 9.62 Å². The molecule has 0 saturated heterocycles. The van der Waals surface area contributed by atoms with Crippen molar-refractivity contribution in [2.45, 2.75) is 24.3 Å². The Labute approximate surface area is 180 Å². The highest BCUT2D eigenvalue weighted by Crippen LogP contribution is 2.33. The normalized spacial score (nSPS) is 13.4. The van der Waals surface area contributed by atoms with Crippen LogP contribution in [-0.4, -0.2) is 21.1 Å². The largest absolute Gasteiger partial charge is 0.444 e. The molecule has 0 spiro atoms. The van der Waals surface area contributed by atoms with Crippen LogP contribution in [0.1, 0.15) is 17.5 Å². The van der Waals surface area contributed by atoms with E-state index in [1.807, 2.05) is 30.3 Å². The first-order valence-electron chi connectivity index (χ1n) is 9.82. The number of aryl methyl sites for hydroxylation is 1. The van der Waals surface area contributed by atoms with Gasteiger partial charge in [0.25, 0.3) is 10.0 Å². The Morgan fingerprint density at radius 1 is 1.03 bits per heavy atom. The molecular formula is C23H21FN2O4S. The van der Waals surface area contributed by atoms with Crippen molar-refractivity contribution in [3.05, 3.63) is 89.7 Å². The van der Waals surface area contributed by atoms with Gasteiger partial charge in [-0.15, -0.1) is 0 Å². The van der Waals surface area contributed by atoms with E-state index in [0.717, 1.165) is 23.3 Å². The number of amides is 1. The zero-order valence-corrected chi connectivity index (χ0v) is 17.4. The van der Waals surface area contributed by atoms with Crippen LogP contribution in [0.2, 0.25) is 0 Å². The number of hydrogen-bond donors (Lipinski definition) is 1. The summed E-state index contributed by atoms with van der Waals surface area (Å²) in [5.41, 5.74) is 2.76. The summed E-state index contributed by atoms with van der Waals surface area (Å²) < 4.78 is 45.9. The van der Waals surface area contributed by atoms with Crippen LogP contribution in [0.5, 0.6) is 0 Å². The Morgan fingerprint density at radius 3 is 2.52 bits per heavy atom. The molecule has 0 radical (unpaired) electrons. The van der Waals surface area contributed by atoms with Gasteiger partial charge < -0.3 is 4.74 Å². The van der Waals surface area contributed by atoms with E-state index in [1.54, 1.807) is 18.2 Å². The smallest absolute Gasteiger partial charge is 0.411 e. The van der Waals surface area contributed by atoms with E-state index >= 15 is 0 Å². The second-order valence-electron chi connectivity index (χ2n) is 7.16. The molecule has 8 heteroatoms. The quantitative estimate of drug-likeness (QED) is 0.623. The fourth-order valence-electron chi connectivity index (χ4n) is 3.50. The molecule has 0 fully saturated rings. The maximum atomic E-state index is 13.2. The number of carbonyl (C=O) groups is 1. The molecule has 0 aliphatic carbocycles. The van der Waals surface area contributed by atoms with Crippen LogP contribution in [0.25, 0.3) is 0 Å². The lowest BCUT2D eigenvalue weighted by molar-refractivity contribution is 0.155. The summed E-state index contributed by atoms with van der Waals surface area (Å²) in [7, 11) is -3.81. The van der Waals surface area contributed by atoms with Crippen molar-refractivity contribution in [3.63, 3.8) is 0 Å². The molecule has 160 valence electrons. The summed E-state index contributed by atoms with van der Waals surface area (Å²) >= 11 is 0. The highest BCUT2D eigenvalue weighted by Gasteiger charge is 2.29. The highest BCUT2D eigenvalue weighted by atomic mass is 32.2. The van der Waals surface area contributed by atoms with Gasteiger partial charge in [-0.25, -0.2) is 17.6 Å². The van der Waals surface area contributed by atoms with Crippen molar-refractivity contribution in [2.24, 2.45) is 0 Å². The Kier molecular flexibility index (Phi) is 5.90. The van der Waals surface area contributed by atoms with Gasteiger partial charge in [-0.05, 0) is 66.4 Å². The Bertz CT molecular complexity index is 1180. The molecule has 31 heavy (non-hydrogen) atoms. The monoisotopic (exact) mass is 440 g/mol. The molecule has 4 rings (SSSR count). The van der Waals surface area contributed by atoms with Gasteiger partial charge in [-0.1, -0.05) is 30.3 Å². The summed E-state index contributed by atoms with van der Waals surface area (Å²) in [4.78, 5) is 12.2. The molecule has 1 aliphatic rings. The van der Waals surface area contributed by atoms with E-state index in [9.17, 15) is 17.6 Å².